The van der Waals surface area contributed by atoms with E-state index < -0.39 is 5.97 Å². The third-order valence-electron chi connectivity index (χ3n) is 3.85. The number of carbonyl (C=O) groups is 2. The largest absolute Gasteiger partial charge is 0.482 e. The SMILES string of the molecule is O=C(O)CC1CCCN(C(=O)COc2ccccc2Cl)CC1. The maximum Gasteiger partial charge on any atom is 0.303 e. The fourth-order valence-electron chi connectivity index (χ4n) is 2.66. The molecule has 0 bridgehead atoms. The Morgan fingerprint density at radius 3 is 2.77 bits per heavy atom. The van der Waals surface area contributed by atoms with Gasteiger partial charge in [0.2, 0.25) is 0 Å². The molecule has 1 unspecified atom stereocenters. The van der Waals surface area contributed by atoms with Gasteiger partial charge < -0.3 is 14.7 Å². The van der Waals surface area contributed by atoms with Crippen molar-refractivity contribution in [3.63, 3.8) is 0 Å². The van der Waals surface area contributed by atoms with Crippen molar-refractivity contribution in [2.24, 2.45) is 5.92 Å². The summed E-state index contributed by atoms with van der Waals surface area (Å²) >= 11 is 5.98. The fourth-order valence-corrected chi connectivity index (χ4v) is 2.85. The van der Waals surface area contributed by atoms with Crippen LogP contribution in [0.1, 0.15) is 25.7 Å². The number of hydrogen-bond acceptors (Lipinski definition) is 3. The first-order chi connectivity index (χ1) is 10.6. The van der Waals surface area contributed by atoms with Crippen molar-refractivity contribution >= 4 is 23.5 Å². The molecule has 0 saturated carbocycles. The van der Waals surface area contributed by atoms with E-state index in [0.29, 0.717) is 23.9 Å². The summed E-state index contributed by atoms with van der Waals surface area (Å²) in [5, 5.41) is 9.34. The van der Waals surface area contributed by atoms with Gasteiger partial charge in [-0.15, -0.1) is 0 Å². The molecule has 1 amide bonds. The van der Waals surface area contributed by atoms with Crippen LogP contribution in [0, 0.1) is 5.92 Å². The molecule has 120 valence electrons. The minimum atomic E-state index is -0.771. The van der Waals surface area contributed by atoms with Gasteiger partial charge in [-0.05, 0) is 37.3 Å². The van der Waals surface area contributed by atoms with Crippen LogP contribution in [-0.4, -0.2) is 41.6 Å². The first-order valence-corrected chi connectivity index (χ1v) is 7.81. The predicted octanol–water partition coefficient (Wildman–Crippen LogP) is 2.82. The number of rotatable bonds is 5. The molecule has 1 aromatic carbocycles. The Hall–Kier alpha value is -1.75. The van der Waals surface area contributed by atoms with Crippen molar-refractivity contribution < 1.29 is 19.4 Å². The molecule has 0 aliphatic carbocycles. The zero-order chi connectivity index (χ0) is 15.9. The lowest BCUT2D eigenvalue weighted by Gasteiger charge is -2.20. The molecule has 1 N–H and O–H groups in total. The average Bonchev–Trinajstić information content (AvgIpc) is 2.71. The van der Waals surface area contributed by atoms with E-state index in [1.807, 2.05) is 0 Å². The van der Waals surface area contributed by atoms with Gasteiger partial charge in [-0.1, -0.05) is 23.7 Å². The van der Waals surface area contributed by atoms with E-state index in [0.717, 1.165) is 19.3 Å². The molecule has 0 aromatic heterocycles. The molecule has 1 saturated heterocycles. The second-order valence-corrected chi connectivity index (χ2v) is 5.90. The number of nitrogens with zero attached hydrogens (tertiary/aromatic N) is 1. The minimum absolute atomic E-state index is 0.0483. The van der Waals surface area contributed by atoms with Gasteiger partial charge in [0.1, 0.15) is 5.75 Å². The third kappa shape index (κ3) is 4.91. The lowest BCUT2D eigenvalue weighted by molar-refractivity contribution is -0.138. The van der Waals surface area contributed by atoms with Gasteiger partial charge in [-0.2, -0.15) is 0 Å². The molecule has 1 aliphatic rings. The van der Waals surface area contributed by atoms with Gasteiger partial charge in [0.15, 0.2) is 6.61 Å². The molecule has 1 fully saturated rings. The number of ether oxygens (including phenoxy) is 1. The minimum Gasteiger partial charge on any atom is -0.482 e. The second kappa shape index (κ2) is 8.03. The Kier molecular flexibility index (Phi) is 6.07. The summed E-state index contributed by atoms with van der Waals surface area (Å²) in [6.07, 6.45) is 2.58. The van der Waals surface area contributed by atoms with Crippen molar-refractivity contribution in [1.29, 1.82) is 0 Å². The van der Waals surface area contributed by atoms with Crippen LogP contribution in [0.25, 0.3) is 0 Å². The number of para-hydroxylation sites is 1. The zero-order valence-corrected chi connectivity index (χ0v) is 13.1. The molecule has 22 heavy (non-hydrogen) atoms. The molecule has 0 radical (unpaired) electrons. The maximum absolute atomic E-state index is 12.2. The van der Waals surface area contributed by atoms with E-state index in [4.69, 9.17) is 21.4 Å². The highest BCUT2D eigenvalue weighted by atomic mass is 35.5. The molecular weight excluding hydrogens is 306 g/mol. The standard InChI is InChI=1S/C16H20ClNO4/c17-13-5-1-2-6-14(13)22-11-15(19)18-8-3-4-12(7-9-18)10-16(20)21/h1-2,5-6,12H,3-4,7-11H2,(H,20,21). The number of amides is 1. The van der Waals surface area contributed by atoms with Gasteiger partial charge in [-0.25, -0.2) is 0 Å². The summed E-state index contributed by atoms with van der Waals surface area (Å²) in [4.78, 5) is 24.7. The first-order valence-electron chi connectivity index (χ1n) is 7.43. The van der Waals surface area contributed by atoms with Crippen molar-refractivity contribution in [3.8, 4) is 5.75 Å². The number of carbonyl (C=O) groups excluding carboxylic acids is 1. The van der Waals surface area contributed by atoms with E-state index in [1.165, 1.54) is 0 Å². The number of hydrogen-bond donors (Lipinski definition) is 1. The van der Waals surface area contributed by atoms with Crippen molar-refractivity contribution in [3.05, 3.63) is 29.3 Å². The second-order valence-electron chi connectivity index (χ2n) is 5.49. The smallest absolute Gasteiger partial charge is 0.303 e. The number of carboxylic acid groups (broad SMARTS) is 1. The molecule has 5 nitrogen and oxygen atoms in total. The molecule has 1 aliphatic heterocycles. The molecule has 0 spiro atoms. The molecular formula is C16H20ClNO4. The first kappa shape index (κ1) is 16.6. The number of carboxylic acids is 1. The van der Waals surface area contributed by atoms with Crippen LogP contribution in [0.4, 0.5) is 0 Å². The number of halogens is 1. The molecule has 1 heterocycles. The van der Waals surface area contributed by atoms with Gasteiger partial charge in [0.05, 0.1) is 5.02 Å². The van der Waals surface area contributed by atoms with Crippen LogP contribution in [0.3, 0.4) is 0 Å². The van der Waals surface area contributed by atoms with Crippen LogP contribution >= 0.6 is 11.6 Å². The highest BCUT2D eigenvalue weighted by Crippen LogP contribution is 2.24. The lowest BCUT2D eigenvalue weighted by atomic mass is 9.97. The van der Waals surface area contributed by atoms with Crippen molar-refractivity contribution in [2.45, 2.75) is 25.7 Å². The van der Waals surface area contributed by atoms with E-state index in [1.54, 1.807) is 29.2 Å². The van der Waals surface area contributed by atoms with E-state index in [2.05, 4.69) is 0 Å². The Morgan fingerprint density at radius 1 is 1.27 bits per heavy atom. The molecule has 1 aromatic rings. The third-order valence-corrected chi connectivity index (χ3v) is 4.16. The van der Waals surface area contributed by atoms with Gasteiger partial charge in [-0.3, -0.25) is 9.59 Å². The van der Waals surface area contributed by atoms with Crippen LogP contribution in [0.5, 0.6) is 5.75 Å². The molecule has 2 rings (SSSR count). The van der Waals surface area contributed by atoms with Crippen LogP contribution in [-0.2, 0) is 9.59 Å². The van der Waals surface area contributed by atoms with E-state index >= 15 is 0 Å². The van der Waals surface area contributed by atoms with Gasteiger partial charge >= 0.3 is 5.97 Å². The monoisotopic (exact) mass is 325 g/mol. The Bertz CT molecular complexity index is 535. The Labute approximate surface area is 134 Å². The van der Waals surface area contributed by atoms with Crippen LogP contribution in [0.15, 0.2) is 24.3 Å². The Morgan fingerprint density at radius 2 is 2.05 bits per heavy atom. The number of aliphatic carboxylic acids is 1. The van der Waals surface area contributed by atoms with Gasteiger partial charge in [0, 0.05) is 19.5 Å². The average molecular weight is 326 g/mol. The Balaban J connectivity index is 1.83. The summed E-state index contributed by atoms with van der Waals surface area (Å²) in [5.41, 5.74) is 0. The quantitative estimate of drug-likeness (QED) is 0.904. The zero-order valence-electron chi connectivity index (χ0n) is 12.3. The number of likely N-dealkylation sites (tertiary alicyclic amines) is 1. The highest BCUT2D eigenvalue weighted by molar-refractivity contribution is 6.32. The molecule has 1 atom stereocenters. The number of benzene rings is 1. The van der Waals surface area contributed by atoms with Crippen molar-refractivity contribution in [2.75, 3.05) is 19.7 Å². The lowest BCUT2D eigenvalue weighted by Crippen LogP contribution is -2.35. The van der Waals surface area contributed by atoms with Crippen molar-refractivity contribution in [1.82, 2.24) is 4.90 Å². The van der Waals surface area contributed by atoms with Crippen LogP contribution < -0.4 is 4.74 Å². The summed E-state index contributed by atoms with van der Waals surface area (Å²) in [5.74, 6) is -0.210. The van der Waals surface area contributed by atoms with Gasteiger partial charge in [0.25, 0.3) is 5.91 Å². The maximum atomic E-state index is 12.2. The summed E-state index contributed by atoms with van der Waals surface area (Å²) in [7, 11) is 0. The summed E-state index contributed by atoms with van der Waals surface area (Å²) in [6.45, 7) is 1.19. The fraction of sp³-hybridized carbons (Fsp3) is 0.500. The van der Waals surface area contributed by atoms with E-state index in [-0.39, 0.29) is 24.9 Å². The van der Waals surface area contributed by atoms with Crippen LogP contribution in [0.2, 0.25) is 5.02 Å². The highest BCUT2D eigenvalue weighted by Gasteiger charge is 2.22. The summed E-state index contributed by atoms with van der Waals surface area (Å²) < 4.78 is 5.47. The van der Waals surface area contributed by atoms with E-state index in [9.17, 15) is 9.59 Å². The predicted molar refractivity (Wildman–Crippen MR) is 83.1 cm³/mol. The summed E-state index contributed by atoms with van der Waals surface area (Å²) in [6, 6.07) is 7.03. The topological polar surface area (TPSA) is 66.8 Å². The normalized spacial score (nSPS) is 18.6. The molecule has 6 heteroatoms.